The highest BCUT2D eigenvalue weighted by Gasteiger charge is 2.21. The Hall–Kier alpha value is -13.8. The highest BCUT2D eigenvalue weighted by Crippen LogP contribution is 2.44. The van der Waals surface area contributed by atoms with Gasteiger partial charge >= 0.3 is 0 Å². The van der Waals surface area contributed by atoms with Gasteiger partial charge in [0.05, 0.1) is 22.1 Å². The summed E-state index contributed by atoms with van der Waals surface area (Å²) in [4.78, 5) is 4.70. The molecule has 20 rings (SSSR count). The zero-order valence-corrected chi connectivity index (χ0v) is 56.9. The average Bonchev–Trinajstić information content (AvgIpc) is 1.54. The zero-order valence-electron chi connectivity index (χ0n) is 56.9. The Bertz CT molecular complexity index is 6010. The molecule has 0 amide bonds. The molecule has 104 heavy (non-hydrogen) atoms. The van der Waals surface area contributed by atoms with Crippen LogP contribution in [0.1, 0.15) is 0 Å². The molecule has 20 aromatic rings. The van der Waals surface area contributed by atoms with Crippen LogP contribution in [-0.4, -0.2) is 9.13 Å². The summed E-state index contributed by atoms with van der Waals surface area (Å²) in [5.41, 5.74) is 25.1. The summed E-state index contributed by atoms with van der Waals surface area (Å²) in [5, 5.41) is 14.8. The van der Waals surface area contributed by atoms with Gasteiger partial charge in [-0.15, -0.1) is 0 Å². The average molecular weight is 1320 g/mol. The van der Waals surface area contributed by atoms with Crippen molar-refractivity contribution in [3.8, 4) is 67.0 Å². The number of aromatic nitrogens is 2. The molecule has 0 spiro atoms. The van der Waals surface area contributed by atoms with Crippen LogP contribution in [0.5, 0.6) is 0 Å². The van der Waals surface area contributed by atoms with Crippen LogP contribution < -0.4 is 9.80 Å². The van der Waals surface area contributed by atoms with E-state index in [0.717, 1.165) is 78.7 Å². The van der Waals surface area contributed by atoms with Gasteiger partial charge in [0.2, 0.25) is 0 Å². The number of anilines is 6. The molecule has 0 bridgehead atoms. The fraction of sp³-hybridized carbons (Fsp3) is 0. The number of nitrogens with zero attached hydrogens (tertiary/aromatic N) is 4. The van der Waals surface area contributed by atoms with Crippen molar-refractivity contribution in [1.29, 1.82) is 0 Å². The molecule has 486 valence electrons. The van der Waals surface area contributed by atoms with Crippen LogP contribution in [-0.2, 0) is 0 Å². The second-order valence-corrected chi connectivity index (χ2v) is 27.3. The molecule has 0 N–H and O–H groups in total. The lowest BCUT2D eigenvalue weighted by molar-refractivity contribution is 1.17. The van der Waals surface area contributed by atoms with E-state index in [1.165, 1.54) is 109 Å². The van der Waals surface area contributed by atoms with Gasteiger partial charge < -0.3 is 18.9 Å². The van der Waals surface area contributed by atoms with Crippen molar-refractivity contribution >= 4 is 121 Å². The molecule has 0 aliphatic rings. The first kappa shape index (κ1) is 60.2. The molecule has 18 aromatic carbocycles. The summed E-state index contributed by atoms with van der Waals surface area (Å²) in [7, 11) is 0. The van der Waals surface area contributed by atoms with E-state index in [0.29, 0.717) is 0 Å². The third-order valence-electron chi connectivity index (χ3n) is 21.2. The van der Waals surface area contributed by atoms with Crippen LogP contribution in [0, 0.1) is 0 Å². The van der Waals surface area contributed by atoms with E-state index in [1.807, 2.05) is 0 Å². The molecular formula is C100H66N4. The van der Waals surface area contributed by atoms with Crippen LogP contribution in [0.3, 0.4) is 0 Å². The van der Waals surface area contributed by atoms with Crippen LogP contribution in [0.4, 0.5) is 34.1 Å². The second-order valence-electron chi connectivity index (χ2n) is 27.3. The number of rotatable bonds is 13. The molecule has 0 radical (unpaired) electrons. The Balaban J connectivity index is 0.613. The van der Waals surface area contributed by atoms with Gasteiger partial charge in [0.25, 0.3) is 0 Å². The standard InChI is InChI=1S/C100H66N4/c1-3-23-85(24-4-1)101(89-47-51-91(52-48-89)103-97-55-39-81(77-31-27-67-15-7-11-19-73(67)59-77)63-93(97)94-64-82(40-56-98(94)103)78-32-28-68-16-8-12-20-74(68)60-78)87-43-35-71(36-44-87)72-37-45-88(46-38-72)102(86-25-5-2-6-26-86)90-49-53-92(54-50-90)104-99-57-41-83(79-33-29-69-17-9-13-21-75(69)61-79)65-95(99)96-66-84(42-58-100(96)104)80-34-30-70-18-10-14-22-76(70)62-80/h1-66H. The Morgan fingerprint density at radius 3 is 0.615 bits per heavy atom. The first-order chi connectivity index (χ1) is 51.5. The molecule has 0 saturated heterocycles. The van der Waals surface area contributed by atoms with Crippen molar-refractivity contribution in [1.82, 2.24) is 9.13 Å². The van der Waals surface area contributed by atoms with Crippen molar-refractivity contribution < 1.29 is 0 Å². The van der Waals surface area contributed by atoms with E-state index in [2.05, 4.69) is 419 Å². The van der Waals surface area contributed by atoms with E-state index < -0.39 is 0 Å². The lowest BCUT2D eigenvalue weighted by Crippen LogP contribution is -2.10. The largest absolute Gasteiger partial charge is 0.311 e. The highest BCUT2D eigenvalue weighted by molar-refractivity contribution is 6.14. The molecule has 4 heteroatoms. The molecule has 0 aliphatic carbocycles. The maximum Gasteiger partial charge on any atom is 0.0541 e. The van der Waals surface area contributed by atoms with Gasteiger partial charge in [-0.25, -0.2) is 0 Å². The number of fused-ring (bicyclic) bond motifs is 10. The first-order valence-electron chi connectivity index (χ1n) is 35.8. The third kappa shape index (κ3) is 10.7. The third-order valence-corrected chi connectivity index (χ3v) is 21.2. The summed E-state index contributed by atoms with van der Waals surface area (Å²) in [6.45, 7) is 0. The predicted molar refractivity (Wildman–Crippen MR) is 442 cm³/mol. The molecule has 0 unspecified atom stereocenters. The van der Waals surface area contributed by atoms with Gasteiger partial charge in [0, 0.05) is 67.0 Å². The van der Waals surface area contributed by atoms with E-state index in [1.54, 1.807) is 0 Å². The maximum absolute atomic E-state index is 2.43. The molecule has 0 saturated carbocycles. The van der Waals surface area contributed by atoms with Crippen molar-refractivity contribution in [2.45, 2.75) is 0 Å². The lowest BCUT2D eigenvalue weighted by Gasteiger charge is -2.26. The van der Waals surface area contributed by atoms with E-state index in [-0.39, 0.29) is 0 Å². The summed E-state index contributed by atoms with van der Waals surface area (Å²) < 4.78 is 4.87. The minimum Gasteiger partial charge on any atom is -0.311 e. The van der Waals surface area contributed by atoms with Gasteiger partial charge in [-0.3, -0.25) is 0 Å². The first-order valence-corrected chi connectivity index (χ1v) is 35.8. The van der Waals surface area contributed by atoms with Gasteiger partial charge in [-0.05, 0) is 269 Å². The fourth-order valence-corrected chi connectivity index (χ4v) is 16.0. The number of para-hydroxylation sites is 2. The summed E-state index contributed by atoms with van der Waals surface area (Å²) in [6, 6.07) is 147. The summed E-state index contributed by atoms with van der Waals surface area (Å²) >= 11 is 0. The Kier molecular flexibility index (Phi) is 14.5. The second kappa shape index (κ2) is 25.1. The smallest absolute Gasteiger partial charge is 0.0541 e. The quantitative estimate of drug-likeness (QED) is 0.114. The normalized spacial score (nSPS) is 11.7. The topological polar surface area (TPSA) is 16.3 Å². The predicted octanol–water partition coefficient (Wildman–Crippen LogP) is 27.8. The molecule has 0 fully saturated rings. The maximum atomic E-state index is 2.43. The Labute approximate surface area is 603 Å². The molecular weight excluding hydrogens is 1260 g/mol. The van der Waals surface area contributed by atoms with Crippen molar-refractivity contribution in [3.63, 3.8) is 0 Å². The minimum absolute atomic E-state index is 1.07. The fourth-order valence-electron chi connectivity index (χ4n) is 16.0. The lowest BCUT2D eigenvalue weighted by atomic mass is 9.98. The Morgan fingerprint density at radius 2 is 0.346 bits per heavy atom. The molecule has 2 aromatic heterocycles. The van der Waals surface area contributed by atoms with Crippen LogP contribution in [0.25, 0.3) is 154 Å². The van der Waals surface area contributed by atoms with Gasteiger partial charge in [-0.2, -0.15) is 0 Å². The number of benzene rings is 18. The molecule has 0 aliphatic heterocycles. The number of hydrogen-bond acceptors (Lipinski definition) is 2. The van der Waals surface area contributed by atoms with Crippen molar-refractivity contribution in [2.75, 3.05) is 9.80 Å². The summed E-state index contributed by atoms with van der Waals surface area (Å²) in [5.74, 6) is 0. The van der Waals surface area contributed by atoms with E-state index in [9.17, 15) is 0 Å². The zero-order chi connectivity index (χ0) is 68.6. The van der Waals surface area contributed by atoms with Gasteiger partial charge in [-0.1, -0.05) is 231 Å². The van der Waals surface area contributed by atoms with Crippen molar-refractivity contribution in [3.05, 3.63) is 400 Å². The monoisotopic (exact) mass is 1320 g/mol. The van der Waals surface area contributed by atoms with Crippen LogP contribution in [0.2, 0.25) is 0 Å². The van der Waals surface area contributed by atoms with E-state index in [4.69, 9.17) is 0 Å². The molecule has 4 nitrogen and oxygen atoms in total. The molecule has 0 atom stereocenters. The van der Waals surface area contributed by atoms with Crippen LogP contribution >= 0.6 is 0 Å². The number of hydrogen-bond donors (Lipinski definition) is 0. The van der Waals surface area contributed by atoms with Gasteiger partial charge in [0.1, 0.15) is 0 Å². The Morgan fingerprint density at radius 1 is 0.144 bits per heavy atom. The SMILES string of the molecule is c1ccc(N(c2ccc(-c3ccc(N(c4ccccc4)c4ccc(-n5c6ccc(-c7ccc8ccccc8c7)cc6c6cc(-c7ccc8ccccc8c7)ccc65)cc4)cc3)cc2)c2ccc(-n3c4ccc(-c5ccc6ccccc6c5)cc4c4cc(-c5ccc6ccccc6c5)ccc43)cc2)cc1. The highest BCUT2D eigenvalue weighted by atomic mass is 15.1. The molecule has 2 heterocycles. The van der Waals surface area contributed by atoms with Crippen LogP contribution in [0.15, 0.2) is 400 Å². The van der Waals surface area contributed by atoms with Gasteiger partial charge in [0.15, 0.2) is 0 Å². The van der Waals surface area contributed by atoms with Crippen molar-refractivity contribution in [2.24, 2.45) is 0 Å². The van der Waals surface area contributed by atoms with E-state index >= 15 is 0 Å². The minimum atomic E-state index is 1.07. The summed E-state index contributed by atoms with van der Waals surface area (Å²) in [6.07, 6.45) is 0.